The summed E-state index contributed by atoms with van der Waals surface area (Å²) in [6.07, 6.45) is 2.40. The van der Waals surface area contributed by atoms with Gasteiger partial charge >= 0.3 is 0 Å². The average Bonchev–Trinajstić information content (AvgIpc) is 3.15. The quantitative estimate of drug-likeness (QED) is 0.914. The summed E-state index contributed by atoms with van der Waals surface area (Å²) in [5, 5.41) is 3.93. The maximum absolute atomic E-state index is 12.5. The van der Waals surface area contributed by atoms with Crippen LogP contribution in [0.1, 0.15) is 22.5 Å². The third-order valence-electron chi connectivity index (χ3n) is 4.77. The van der Waals surface area contributed by atoms with Crippen LogP contribution in [-0.4, -0.2) is 36.5 Å². The van der Waals surface area contributed by atoms with Gasteiger partial charge in [-0.15, -0.1) is 11.3 Å². The Balaban J connectivity index is 1.46. The second-order valence-corrected chi connectivity index (χ2v) is 7.96. The zero-order chi connectivity index (χ0) is 15.8. The molecule has 0 saturated carbocycles. The van der Waals surface area contributed by atoms with Gasteiger partial charge < -0.3 is 10.2 Å². The zero-order valence-electron chi connectivity index (χ0n) is 12.8. The van der Waals surface area contributed by atoms with Crippen molar-refractivity contribution in [1.82, 2.24) is 10.2 Å². The van der Waals surface area contributed by atoms with E-state index in [1.807, 2.05) is 36.4 Å². The predicted molar refractivity (Wildman–Crippen MR) is 95.2 cm³/mol. The Labute approximate surface area is 145 Å². The number of benzene rings is 1. The van der Waals surface area contributed by atoms with Crippen LogP contribution in [0.4, 0.5) is 0 Å². The lowest BCUT2D eigenvalue weighted by Crippen LogP contribution is -2.46. The number of amides is 1. The van der Waals surface area contributed by atoms with Crippen LogP contribution in [0.15, 0.2) is 36.4 Å². The summed E-state index contributed by atoms with van der Waals surface area (Å²) in [4.78, 5) is 16.8. The Bertz CT molecular complexity index is 717. The van der Waals surface area contributed by atoms with Crippen LogP contribution in [0.25, 0.3) is 10.4 Å². The third kappa shape index (κ3) is 3.16. The monoisotopic (exact) mass is 346 g/mol. The Hall–Kier alpha value is -1.36. The predicted octanol–water partition coefficient (Wildman–Crippen LogP) is 3.89. The van der Waals surface area contributed by atoms with Gasteiger partial charge in [0.1, 0.15) is 0 Å². The molecule has 2 aromatic rings. The molecule has 1 amide bonds. The molecule has 2 saturated heterocycles. The highest BCUT2D eigenvalue weighted by molar-refractivity contribution is 7.17. The molecule has 2 aliphatic rings. The van der Waals surface area contributed by atoms with Crippen LogP contribution >= 0.6 is 22.9 Å². The number of piperidine rings is 1. The zero-order valence-corrected chi connectivity index (χ0v) is 14.4. The molecule has 0 aliphatic carbocycles. The highest BCUT2D eigenvalue weighted by Gasteiger charge is 2.33. The molecule has 3 nitrogen and oxygen atoms in total. The number of fused-ring (bicyclic) bond motifs is 2. The van der Waals surface area contributed by atoms with E-state index < -0.39 is 0 Å². The second-order valence-electron chi connectivity index (χ2n) is 6.46. The van der Waals surface area contributed by atoms with E-state index in [2.05, 4.69) is 10.2 Å². The topological polar surface area (TPSA) is 32.3 Å². The first-order chi connectivity index (χ1) is 11.2. The average molecular weight is 347 g/mol. The summed E-state index contributed by atoms with van der Waals surface area (Å²) < 4.78 is 0. The number of hydrogen-bond donors (Lipinski definition) is 1. The molecule has 3 atom stereocenters. The van der Waals surface area contributed by atoms with Crippen LogP contribution in [0.3, 0.4) is 0 Å². The van der Waals surface area contributed by atoms with E-state index in [1.54, 1.807) is 0 Å². The van der Waals surface area contributed by atoms with Crippen LogP contribution < -0.4 is 5.32 Å². The fraction of sp³-hybridized carbons (Fsp3) is 0.389. The smallest absolute Gasteiger partial charge is 0.261 e. The molecule has 0 radical (unpaired) electrons. The number of nitrogens with zero attached hydrogens (tertiary/aromatic N) is 1. The number of carbonyl (C=O) groups excluding carboxylic acids is 1. The van der Waals surface area contributed by atoms with Crippen molar-refractivity contribution in [3.63, 3.8) is 0 Å². The first-order valence-electron chi connectivity index (χ1n) is 8.07. The molecule has 23 heavy (non-hydrogen) atoms. The number of hydrogen-bond acceptors (Lipinski definition) is 3. The van der Waals surface area contributed by atoms with Gasteiger partial charge in [0, 0.05) is 34.6 Å². The van der Waals surface area contributed by atoms with Gasteiger partial charge in [-0.1, -0.05) is 29.8 Å². The molecule has 0 spiro atoms. The van der Waals surface area contributed by atoms with Crippen molar-refractivity contribution < 1.29 is 4.79 Å². The summed E-state index contributed by atoms with van der Waals surface area (Å²) >= 11 is 7.75. The van der Waals surface area contributed by atoms with Gasteiger partial charge in [-0.2, -0.15) is 0 Å². The first-order valence-corrected chi connectivity index (χ1v) is 9.26. The van der Waals surface area contributed by atoms with Gasteiger partial charge in [0.25, 0.3) is 5.91 Å². The van der Waals surface area contributed by atoms with Crippen LogP contribution in [0, 0.1) is 5.92 Å². The standard InChI is InChI=1S/C18H19ClN2OS/c19-15-4-2-1-3-14(15)16-5-6-17(23-16)18(22)20-13-9-12-7-8-21(10-12)11-13/h1-6,12-13H,7-11H2,(H,20,22). The van der Waals surface area contributed by atoms with Crippen LogP contribution in [0.5, 0.6) is 0 Å². The molecule has 5 heteroatoms. The Morgan fingerprint density at radius 3 is 2.91 bits per heavy atom. The van der Waals surface area contributed by atoms with E-state index in [-0.39, 0.29) is 11.9 Å². The Morgan fingerprint density at radius 1 is 1.22 bits per heavy atom. The molecule has 4 rings (SSSR count). The van der Waals surface area contributed by atoms with E-state index >= 15 is 0 Å². The Kier molecular flexibility index (Phi) is 4.14. The van der Waals surface area contributed by atoms with Crippen molar-refractivity contribution in [3.05, 3.63) is 46.3 Å². The molecule has 120 valence electrons. The van der Waals surface area contributed by atoms with Crippen molar-refractivity contribution >= 4 is 28.8 Å². The van der Waals surface area contributed by atoms with E-state index in [1.165, 1.54) is 30.8 Å². The number of carbonyl (C=O) groups is 1. The molecular weight excluding hydrogens is 328 g/mol. The van der Waals surface area contributed by atoms with Gasteiger partial charge in [0.05, 0.1) is 4.88 Å². The first kappa shape index (κ1) is 15.2. The number of halogens is 1. The van der Waals surface area contributed by atoms with Crippen molar-refractivity contribution in [3.8, 4) is 10.4 Å². The minimum atomic E-state index is 0.0424. The minimum Gasteiger partial charge on any atom is -0.347 e. The molecule has 2 fully saturated rings. The van der Waals surface area contributed by atoms with Crippen molar-refractivity contribution in [1.29, 1.82) is 0 Å². The summed E-state index contributed by atoms with van der Waals surface area (Å²) in [5.41, 5.74) is 0.986. The van der Waals surface area contributed by atoms with Gasteiger partial charge in [-0.25, -0.2) is 0 Å². The van der Waals surface area contributed by atoms with E-state index in [0.717, 1.165) is 39.2 Å². The van der Waals surface area contributed by atoms with Crippen LogP contribution in [0.2, 0.25) is 5.02 Å². The van der Waals surface area contributed by atoms with Gasteiger partial charge in [-0.05, 0) is 43.5 Å². The van der Waals surface area contributed by atoms with Crippen molar-refractivity contribution in [2.24, 2.45) is 5.92 Å². The molecule has 2 aliphatic heterocycles. The second kappa shape index (κ2) is 6.27. The van der Waals surface area contributed by atoms with E-state index in [4.69, 9.17) is 11.6 Å². The van der Waals surface area contributed by atoms with Gasteiger partial charge in [0.15, 0.2) is 0 Å². The normalized spacial score (nSPS) is 26.2. The maximum Gasteiger partial charge on any atom is 0.261 e. The lowest BCUT2D eigenvalue weighted by atomic mass is 9.97. The molecular formula is C18H19ClN2OS. The van der Waals surface area contributed by atoms with E-state index in [9.17, 15) is 4.79 Å². The SMILES string of the molecule is O=C(NC1CC2CCN(C2)C1)c1ccc(-c2ccccc2Cl)s1. The van der Waals surface area contributed by atoms with Gasteiger partial charge in [0.2, 0.25) is 0 Å². The minimum absolute atomic E-state index is 0.0424. The van der Waals surface area contributed by atoms with Crippen molar-refractivity contribution in [2.75, 3.05) is 19.6 Å². The third-order valence-corrected chi connectivity index (χ3v) is 6.22. The Morgan fingerprint density at radius 2 is 2.09 bits per heavy atom. The number of rotatable bonds is 3. The number of nitrogens with one attached hydrogen (secondary N) is 1. The fourth-order valence-corrected chi connectivity index (χ4v) is 4.93. The highest BCUT2D eigenvalue weighted by atomic mass is 35.5. The summed E-state index contributed by atoms with van der Waals surface area (Å²) in [7, 11) is 0. The summed E-state index contributed by atoms with van der Waals surface area (Å²) in [6.45, 7) is 3.39. The fourth-order valence-electron chi connectivity index (χ4n) is 3.69. The molecule has 3 unspecified atom stereocenters. The van der Waals surface area contributed by atoms with E-state index in [0.29, 0.717) is 0 Å². The molecule has 2 bridgehead atoms. The van der Waals surface area contributed by atoms with Crippen molar-refractivity contribution in [2.45, 2.75) is 18.9 Å². The maximum atomic E-state index is 12.5. The summed E-state index contributed by atoms with van der Waals surface area (Å²) in [6, 6.07) is 11.9. The lowest BCUT2D eigenvalue weighted by molar-refractivity contribution is 0.0913. The molecule has 1 aromatic carbocycles. The largest absolute Gasteiger partial charge is 0.347 e. The molecule has 1 aromatic heterocycles. The molecule has 1 N–H and O–H groups in total. The van der Waals surface area contributed by atoms with Gasteiger partial charge in [-0.3, -0.25) is 4.79 Å². The highest BCUT2D eigenvalue weighted by Crippen LogP contribution is 2.33. The number of thiophene rings is 1. The van der Waals surface area contributed by atoms with Crippen LogP contribution in [-0.2, 0) is 0 Å². The summed E-state index contributed by atoms with van der Waals surface area (Å²) in [5.74, 6) is 0.803. The lowest BCUT2D eigenvalue weighted by Gasteiger charge is -2.30. The molecule has 3 heterocycles.